The van der Waals surface area contributed by atoms with E-state index >= 15 is 0 Å². The molecule has 1 aliphatic carbocycles. The predicted octanol–water partition coefficient (Wildman–Crippen LogP) is 2.01. The molecule has 0 aliphatic heterocycles. The van der Waals surface area contributed by atoms with Gasteiger partial charge in [0.2, 0.25) is 10.0 Å². The third-order valence-corrected chi connectivity index (χ3v) is 5.82. The van der Waals surface area contributed by atoms with Crippen LogP contribution in [0.4, 0.5) is 0 Å². The van der Waals surface area contributed by atoms with Crippen LogP contribution >= 0.6 is 15.9 Å². The molecule has 1 unspecified atom stereocenters. The molecule has 2 N–H and O–H groups in total. The number of sulfonamides is 1. The highest BCUT2D eigenvalue weighted by Crippen LogP contribution is 2.24. The molecular weight excluding hydrogens is 356 g/mol. The van der Waals surface area contributed by atoms with E-state index in [-0.39, 0.29) is 17.5 Å². The molecule has 0 heterocycles. The van der Waals surface area contributed by atoms with Crippen molar-refractivity contribution in [2.75, 3.05) is 13.7 Å². The van der Waals surface area contributed by atoms with Gasteiger partial charge in [0.05, 0.1) is 11.0 Å². The molecular formula is C14H21BrN2O3S. The van der Waals surface area contributed by atoms with E-state index in [1.165, 1.54) is 12.8 Å². The molecule has 21 heavy (non-hydrogen) atoms. The summed E-state index contributed by atoms with van der Waals surface area (Å²) < 4.78 is 32.7. The monoisotopic (exact) mass is 376 g/mol. The number of ether oxygens (including phenoxy) is 1. The molecule has 0 amide bonds. The third-order valence-electron chi connectivity index (χ3n) is 3.42. The zero-order valence-electron chi connectivity index (χ0n) is 12.2. The van der Waals surface area contributed by atoms with Gasteiger partial charge in [0.1, 0.15) is 0 Å². The first kappa shape index (κ1) is 16.9. The lowest BCUT2D eigenvalue weighted by Gasteiger charge is -2.13. The summed E-state index contributed by atoms with van der Waals surface area (Å²) in [5.74, 6) is 0. The smallest absolute Gasteiger partial charge is 0.241 e. The number of nitrogens with one attached hydrogen (secondary N) is 2. The van der Waals surface area contributed by atoms with E-state index < -0.39 is 10.0 Å². The van der Waals surface area contributed by atoms with Crippen molar-refractivity contribution < 1.29 is 13.2 Å². The summed E-state index contributed by atoms with van der Waals surface area (Å²) in [5.41, 5.74) is 1.07. The molecule has 2 rings (SSSR count). The highest BCUT2D eigenvalue weighted by molar-refractivity contribution is 9.10. The average Bonchev–Trinajstić information content (AvgIpc) is 3.26. The fourth-order valence-corrected chi connectivity index (χ4v) is 4.05. The predicted molar refractivity (Wildman–Crippen MR) is 85.7 cm³/mol. The molecule has 1 fully saturated rings. The maximum absolute atomic E-state index is 12.2. The van der Waals surface area contributed by atoms with E-state index in [9.17, 15) is 8.42 Å². The lowest BCUT2D eigenvalue weighted by atomic mass is 10.2. The SMILES string of the molecule is COC(C)CNS(=O)(=O)c1ccc(CNC2CC2)cc1Br. The third kappa shape index (κ3) is 5.03. The molecule has 7 heteroatoms. The second-order valence-electron chi connectivity index (χ2n) is 5.32. The molecule has 1 aliphatic rings. The van der Waals surface area contributed by atoms with Gasteiger partial charge in [-0.15, -0.1) is 0 Å². The van der Waals surface area contributed by atoms with Crippen molar-refractivity contribution in [3.05, 3.63) is 28.2 Å². The van der Waals surface area contributed by atoms with E-state index in [1.807, 2.05) is 19.1 Å². The fourth-order valence-electron chi connectivity index (χ4n) is 1.81. The Morgan fingerprint density at radius 3 is 2.71 bits per heavy atom. The first-order valence-corrected chi connectivity index (χ1v) is 9.24. The zero-order chi connectivity index (χ0) is 15.5. The van der Waals surface area contributed by atoms with Gasteiger partial charge in [0.15, 0.2) is 0 Å². The molecule has 0 radical (unpaired) electrons. The molecule has 0 saturated heterocycles. The van der Waals surface area contributed by atoms with Crippen LogP contribution in [0, 0.1) is 0 Å². The van der Waals surface area contributed by atoms with Gasteiger partial charge in [-0.25, -0.2) is 13.1 Å². The summed E-state index contributed by atoms with van der Waals surface area (Å²) in [5, 5.41) is 3.40. The lowest BCUT2D eigenvalue weighted by molar-refractivity contribution is 0.122. The standard InChI is InChI=1S/C14H21BrN2O3S/c1-10(20-2)8-17-21(18,19)14-6-3-11(7-13(14)15)9-16-12-4-5-12/h3,6-7,10,12,16-17H,4-5,8-9H2,1-2H3. The van der Waals surface area contributed by atoms with Crippen molar-refractivity contribution in [2.24, 2.45) is 0 Å². The number of hydrogen-bond acceptors (Lipinski definition) is 4. The molecule has 1 saturated carbocycles. The van der Waals surface area contributed by atoms with E-state index in [0.717, 1.165) is 12.1 Å². The fraction of sp³-hybridized carbons (Fsp3) is 0.571. The first-order valence-electron chi connectivity index (χ1n) is 6.96. The maximum atomic E-state index is 12.2. The highest BCUT2D eigenvalue weighted by Gasteiger charge is 2.21. The summed E-state index contributed by atoms with van der Waals surface area (Å²) in [6.07, 6.45) is 2.30. The van der Waals surface area contributed by atoms with E-state index in [1.54, 1.807) is 13.2 Å². The first-order chi connectivity index (χ1) is 9.92. The van der Waals surface area contributed by atoms with Crippen molar-refractivity contribution in [3.63, 3.8) is 0 Å². The number of benzene rings is 1. The van der Waals surface area contributed by atoms with Crippen molar-refractivity contribution in [1.29, 1.82) is 0 Å². The molecule has 0 aromatic heterocycles. The van der Waals surface area contributed by atoms with Crippen molar-refractivity contribution >= 4 is 26.0 Å². The van der Waals surface area contributed by atoms with Crippen LogP contribution in [0.25, 0.3) is 0 Å². The van der Waals surface area contributed by atoms with Crippen LogP contribution < -0.4 is 10.0 Å². The number of rotatable bonds is 8. The van der Waals surface area contributed by atoms with Crippen LogP contribution in [0.15, 0.2) is 27.6 Å². The van der Waals surface area contributed by atoms with Gasteiger partial charge in [-0.3, -0.25) is 0 Å². The van der Waals surface area contributed by atoms with Crippen LogP contribution in [0.2, 0.25) is 0 Å². The van der Waals surface area contributed by atoms with E-state index in [2.05, 4.69) is 26.0 Å². The molecule has 5 nitrogen and oxygen atoms in total. The van der Waals surface area contributed by atoms with E-state index in [4.69, 9.17) is 4.74 Å². The van der Waals surface area contributed by atoms with Crippen molar-refractivity contribution in [3.8, 4) is 0 Å². The Bertz CT molecular complexity index is 588. The topological polar surface area (TPSA) is 67.4 Å². The van der Waals surface area contributed by atoms with Crippen LogP contribution in [-0.4, -0.2) is 34.2 Å². The minimum atomic E-state index is -3.53. The Morgan fingerprint density at radius 1 is 1.43 bits per heavy atom. The van der Waals surface area contributed by atoms with Gasteiger partial charge in [0, 0.05) is 30.7 Å². The molecule has 0 bridgehead atoms. The molecule has 118 valence electrons. The van der Waals surface area contributed by atoms with Gasteiger partial charge in [0.25, 0.3) is 0 Å². The quantitative estimate of drug-likeness (QED) is 0.728. The lowest BCUT2D eigenvalue weighted by Crippen LogP contribution is -2.31. The van der Waals surface area contributed by atoms with Gasteiger partial charge < -0.3 is 10.1 Å². The van der Waals surface area contributed by atoms with Gasteiger partial charge in [-0.2, -0.15) is 0 Å². The summed E-state index contributed by atoms with van der Waals surface area (Å²) in [6, 6.07) is 5.95. The minimum Gasteiger partial charge on any atom is -0.380 e. The summed E-state index contributed by atoms with van der Waals surface area (Å²) in [7, 11) is -1.98. The molecule has 1 atom stereocenters. The highest BCUT2D eigenvalue weighted by atomic mass is 79.9. The average molecular weight is 377 g/mol. The van der Waals surface area contributed by atoms with Crippen LogP contribution in [-0.2, 0) is 21.3 Å². The second kappa shape index (κ2) is 7.19. The van der Waals surface area contributed by atoms with Crippen LogP contribution in [0.3, 0.4) is 0 Å². The summed E-state index contributed by atoms with van der Waals surface area (Å²) >= 11 is 3.35. The normalized spacial score (nSPS) is 16.9. The van der Waals surface area contributed by atoms with Crippen LogP contribution in [0.5, 0.6) is 0 Å². The molecule has 1 aromatic carbocycles. The summed E-state index contributed by atoms with van der Waals surface area (Å²) in [6.45, 7) is 2.82. The van der Waals surface area contributed by atoms with Crippen molar-refractivity contribution in [1.82, 2.24) is 10.0 Å². The molecule has 0 spiro atoms. The molecule has 1 aromatic rings. The zero-order valence-corrected chi connectivity index (χ0v) is 14.6. The number of methoxy groups -OCH3 is 1. The second-order valence-corrected chi connectivity index (χ2v) is 7.91. The number of hydrogen-bond donors (Lipinski definition) is 2. The Kier molecular flexibility index (Phi) is 5.79. The minimum absolute atomic E-state index is 0.166. The maximum Gasteiger partial charge on any atom is 0.241 e. The Hall–Kier alpha value is -0.470. The van der Waals surface area contributed by atoms with Gasteiger partial charge in [-0.1, -0.05) is 6.07 Å². The Morgan fingerprint density at radius 2 is 2.14 bits per heavy atom. The Labute approximate surface area is 134 Å². The van der Waals surface area contributed by atoms with Crippen molar-refractivity contribution in [2.45, 2.75) is 43.4 Å². The van der Waals surface area contributed by atoms with Gasteiger partial charge >= 0.3 is 0 Å². The Balaban J connectivity index is 2.04. The van der Waals surface area contributed by atoms with Crippen LogP contribution in [0.1, 0.15) is 25.3 Å². The van der Waals surface area contributed by atoms with Gasteiger partial charge in [-0.05, 0) is 53.4 Å². The van der Waals surface area contributed by atoms with E-state index in [0.29, 0.717) is 10.5 Å². The number of halogens is 1. The summed E-state index contributed by atoms with van der Waals surface area (Å²) in [4.78, 5) is 0.251. The largest absolute Gasteiger partial charge is 0.380 e.